The van der Waals surface area contributed by atoms with Gasteiger partial charge in [-0.25, -0.2) is 0 Å². The van der Waals surface area contributed by atoms with Crippen molar-refractivity contribution in [2.75, 3.05) is 24.4 Å². The molecule has 30 heavy (non-hydrogen) atoms. The molecule has 0 saturated carbocycles. The van der Waals surface area contributed by atoms with Gasteiger partial charge in [0.25, 0.3) is 5.91 Å². The molecular formula is C24H24N2O4. The summed E-state index contributed by atoms with van der Waals surface area (Å²) in [5.74, 6) is 0.621. The Kier molecular flexibility index (Phi) is 7.05. The maximum absolute atomic E-state index is 12.5. The molecule has 6 heteroatoms. The van der Waals surface area contributed by atoms with E-state index in [1.165, 1.54) is 14.0 Å². The number of carbonyl (C=O) groups excluding carboxylic acids is 2. The van der Waals surface area contributed by atoms with Crippen molar-refractivity contribution in [2.24, 2.45) is 0 Å². The molecule has 0 unspecified atom stereocenters. The lowest BCUT2D eigenvalue weighted by molar-refractivity contribution is -0.118. The van der Waals surface area contributed by atoms with E-state index in [1.54, 1.807) is 18.2 Å². The van der Waals surface area contributed by atoms with Gasteiger partial charge in [-0.1, -0.05) is 48.5 Å². The van der Waals surface area contributed by atoms with Crippen LogP contribution in [0.25, 0.3) is 0 Å². The van der Waals surface area contributed by atoms with E-state index in [0.717, 1.165) is 11.1 Å². The predicted molar refractivity (Wildman–Crippen MR) is 117 cm³/mol. The third kappa shape index (κ3) is 5.85. The Labute approximate surface area is 175 Å². The van der Waals surface area contributed by atoms with E-state index in [4.69, 9.17) is 9.47 Å². The van der Waals surface area contributed by atoms with E-state index in [1.807, 2.05) is 42.5 Å². The molecule has 3 rings (SSSR count). The summed E-state index contributed by atoms with van der Waals surface area (Å²) in [6.45, 7) is 1.27. The number of ether oxygens (including phenoxy) is 2. The molecule has 3 aromatic carbocycles. The molecule has 2 N–H and O–H groups in total. The van der Waals surface area contributed by atoms with Crippen LogP contribution >= 0.6 is 0 Å². The van der Waals surface area contributed by atoms with Crippen molar-refractivity contribution >= 4 is 23.2 Å². The zero-order valence-electron chi connectivity index (χ0n) is 17.0. The first-order valence-corrected chi connectivity index (χ1v) is 9.55. The minimum Gasteiger partial charge on any atom is -0.495 e. The molecule has 0 aromatic heterocycles. The Bertz CT molecular complexity index is 1020. The van der Waals surface area contributed by atoms with Crippen molar-refractivity contribution in [3.63, 3.8) is 0 Å². The second-order valence-electron chi connectivity index (χ2n) is 6.70. The number of rotatable bonds is 8. The van der Waals surface area contributed by atoms with Crippen molar-refractivity contribution in [3.8, 4) is 11.5 Å². The van der Waals surface area contributed by atoms with Crippen LogP contribution in [-0.4, -0.2) is 25.5 Å². The number of benzene rings is 3. The van der Waals surface area contributed by atoms with Crippen molar-refractivity contribution in [1.82, 2.24) is 0 Å². The molecule has 0 fully saturated rings. The second-order valence-corrected chi connectivity index (χ2v) is 6.70. The molecular weight excluding hydrogens is 380 g/mol. The quantitative estimate of drug-likeness (QED) is 0.588. The maximum atomic E-state index is 12.5. The molecule has 0 aliphatic carbocycles. The molecule has 0 saturated heterocycles. The summed E-state index contributed by atoms with van der Waals surface area (Å²) in [6, 6.07) is 22.8. The van der Waals surface area contributed by atoms with Gasteiger partial charge in [-0.15, -0.1) is 0 Å². The first kappa shape index (κ1) is 20.9. The summed E-state index contributed by atoms with van der Waals surface area (Å²) in [5, 5.41) is 5.46. The topological polar surface area (TPSA) is 76.7 Å². The molecule has 0 aliphatic rings. The molecule has 0 spiro atoms. The van der Waals surface area contributed by atoms with Crippen LogP contribution in [0.4, 0.5) is 11.4 Å². The largest absolute Gasteiger partial charge is 0.495 e. The highest BCUT2D eigenvalue weighted by Gasteiger charge is 2.11. The summed E-state index contributed by atoms with van der Waals surface area (Å²) in [5.41, 5.74) is 3.18. The fourth-order valence-corrected chi connectivity index (χ4v) is 3.02. The summed E-state index contributed by atoms with van der Waals surface area (Å²) >= 11 is 0. The van der Waals surface area contributed by atoms with Gasteiger partial charge >= 0.3 is 0 Å². The molecule has 0 bridgehead atoms. The second kappa shape index (κ2) is 10.1. The van der Waals surface area contributed by atoms with Gasteiger partial charge in [-0.3, -0.25) is 9.59 Å². The van der Waals surface area contributed by atoms with Crippen molar-refractivity contribution < 1.29 is 19.1 Å². The van der Waals surface area contributed by atoms with Crippen LogP contribution < -0.4 is 20.1 Å². The summed E-state index contributed by atoms with van der Waals surface area (Å²) < 4.78 is 11.1. The summed E-state index contributed by atoms with van der Waals surface area (Å²) in [6.07, 6.45) is 0.714. The Hall–Kier alpha value is -3.80. The fourth-order valence-electron chi connectivity index (χ4n) is 3.02. The number of carbonyl (C=O) groups is 2. The Morgan fingerprint density at radius 1 is 0.867 bits per heavy atom. The number of hydrogen-bond acceptors (Lipinski definition) is 4. The Balaban J connectivity index is 1.66. The third-order valence-electron chi connectivity index (χ3n) is 4.36. The van der Waals surface area contributed by atoms with Crippen LogP contribution in [0, 0.1) is 0 Å². The van der Waals surface area contributed by atoms with Crippen molar-refractivity contribution in [2.45, 2.75) is 13.3 Å². The predicted octanol–water partition coefficient (Wildman–Crippen LogP) is 4.26. The zero-order valence-corrected chi connectivity index (χ0v) is 17.0. The summed E-state index contributed by atoms with van der Waals surface area (Å²) in [7, 11) is 1.51. The van der Waals surface area contributed by atoms with E-state index in [2.05, 4.69) is 22.8 Å². The smallest absolute Gasteiger partial charge is 0.262 e. The van der Waals surface area contributed by atoms with E-state index >= 15 is 0 Å². The number of nitrogens with one attached hydrogen (secondary N) is 2. The molecule has 0 aliphatic heterocycles. The van der Waals surface area contributed by atoms with Gasteiger partial charge in [-0.05, 0) is 35.4 Å². The Morgan fingerprint density at radius 3 is 2.33 bits per heavy atom. The molecule has 0 atom stereocenters. The monoisotopic (exact) mass is 404 g/mol. The standard InChI is InChI=1S/C24H24N2O4/c1-17(27)25-20-12-13-23(29-2)21(15-20)26-24(28)16-30-22-11-7-6-10-19(22)14-18-8-4-3-5-9-18/h3-13,15H,14,16H2,1-2H3,(H,25,27)(H,26,28). The number of anilines is 2. The molecule has 0 heterocycles. The van der Waals surface area contributed by atoms with E-state index in [9.17, 15) is 9.59 Å². The first-order valence-electron chi connectivity index (χ1n) is 9.55. The SMILES string of the molecule is COc1ccc(NC(C)=O)cc1NC(=O)COc1ccccc1Cc1ccccc1. The zero-order chi connectivity index (χ0) is 21.3. The highest BCUT2D eigenvalue weighted by molar-refractivity contribution is 5.95. The molecule has 6 nitrogen and oxygen atoms in total. The average molecular weight is 404 g/mol. The highest BCUT2D eigenvalue weighted by Crippen LogP contribution is 2.28. The Morgan fingerprint density at radius 2 is 1.60 bits per heavy atom. The van der Waals surface area contributed by atoms with Gasteiger partial charge in [0, 0.05) is 19.0 Å². The minimum atomic E-state index is -0.331. The lowest BCUT2D eigenvalue weighted by Crippen LogP contribution is -2.21. The van der Waals surface area contributed by atoms with Crippen LogP contribution in [0.1, 0.15) is 18.1 Å². The number of hydrogen-bond donors (Lipinski definition) is 2. The number of para-hydroxylation sites is 1. The fraction of sp³-hybridized carbons (Fsp3) is 0.167. The lowest BCUT2D eigenvalue weighted by Gasteiger charge is -2.14. The van der Waals surface area contributed by atoms with E-state index in [0.29, 0.717) is 29.3 Å². The van der Waals surface area contributed by atoms with Crippen LogP contribution in [0.3, 0.4) is 0 Å². The molecule has 3 aromatic rings. The van der Waals surface area contributed by atoms with Crippen LogP contribution in [-0.2, 0) is 16.0 Å². The van der Waals surface area contributed by atoms with Gasteiger partial charge in [-0.2, -0.15) is 0 Å². The van der Waals surface area contributed by atoms with Crippen LogP contribution in [0.5, 0.6) is 11.5 Å². The third-order valence-corrected chi connectivity index (χ3v) is 4.36. The van der Waals surface area contributed by atoms with Crippen molar-refractivity contribution in [1.29, 1.82) is 0 Å². The lowest BCUT2D eigenvalue weighted by atomic mass is 10.0. The first-order chi connectivity index (χ1) is 14.5. The average Bonchev–Trinajstić information content (AvgIpc) is 2.74. The van der Waals surface area contributed by atoms with Crippen LogP contribution in [0.2, 0.25) is 0 Å². The van der Waals surface area contributed by atoms with Gasteiger partial charge in [0.15, 0.2) is 6.61 Å². The minimum absolute atomic E-state index is 0.153. The maximum Gasteiger partial charge on any atom is 0.262 e. The summed E-state index contributed by atoms with van der Waals surface area (Å²) in [4.78, 5) is 23.8. The van der Waals surface area contributed by atoms with Gasteiger partial charge in [0.1, 0.15) is 11.5 Å². The molecule has 154 valence electrons. The normalized spacial score (nSPS) is 10.2. The molecule has 2 amide bonds. The van der Waals surface area contributed by atoms with Gasteiger partial charge in [0.05, 0.1) is 12.8 Å². The van der Waals surface area contributed by atoms with E-state index < -0.39 is 0 Å². The van der Waals surface area contributed by atoms with Gasteiger partial charge < -0.3 is 20.1 Å². The number of methoxy groups -OCH3 is 1. The highest BCUT2D eigenvalue weighted by atomic mass is 16.5. The van der Waals surface area contributed by atoms with Crippen LogP contribution in [0.15, 0.2) is 72.8 Å². The number of amides is 2. The molecule has 0 radical (unpaired) electrons. The van der Waals surface area contributed by atoms with E-state index in [-0.39, 0.29) is 18.4 Å². The van der Waals surface area contributed by atoms with Crippen molar-refractivity contribution in [3.05, 3.63) is 83.9 Å². The van der Waals surface area contributed by atoms with Gasteiger partial charge in [0.2, 0.25) is 5.91 Å².